The quantitative estimate of drug-likeness (QED) is 0.853. The normalized spacial score (nSPS) is 19.6. The first-order valence-electron chi connectivity index (χ1n) is 7.45. The van der Waals surface area contributed by atoms with Crippen LogP contribution in [0.15, 0.2) is 18.2 Å². The minimum absolute atomic E-state index is 0.0470. The van der Waals surface area contributed by atoms with Gasteiger partial charge < -0.3 is 10.2 Å². The Hall–Kier alpha value is -1.26. The van der Waals surface area contributed by atoms with Gasteiger partial charge in [0, 0.05) is 18.6 Å². The monoisotopic (exact) mass is 342 g/mol. The molecular formula is C16H20Cl2N2O2. The third kappa shape index (κ3) is 4.14. The molecule has 1 fully saturated rings. The summed E-state index contributed by atoms with van der Waals surface area (Å²) in [6, 6.07) is 4.90. The topological polar surface area (TPSA) is 49.4 Å². The Morgan fingerprint density at radius 1 is 1.32 bits per heavy atom. The van der Waals surface area contributed by atoms with Crippen LogP contribution in [0, 0.1) is 11.8 Å². The van der Waals surface area contributed by atoms with E-state index in [-0.39, 0.29) is 23.7 Å². The van der Waals surface area contributed by atoms with Crippen LogP contribution in [-0.2, 0) is 9.59 Å². The van der Waals surface area contributed by atoms with E-state index in [1.54, 1.807) is 30.1 Å². The predicted molar refractivity (Wildman–Crippen MR) is 89.2 cm³/mol. The van der Waals surface area contributed by atoms with Gasteiger partial charge in [-0.3, -0.25) is 9.59 Å². The molecule has 2 amide bonds. The highest BCUT2D eigenvalue weighted by Gasteiger charge is 2.49. The Kier molecular flexibility index (Phi) is 5.70. The maximum atomic E-state index is 12.2. The van der Waals surface area contributed by atoms with E-state index in [0.29, 0.717) is 22.2 Å². The summed E-state index contributed by atoms with van der Waals surface area (Å²) in [6.07, 6.45) is 2.61. The van der Waals surface area contributed by atoms with Gasteiger partial charge in [0.2, 0.25) is 11.8 Å². The zero-order valence-electron chi connectivity index (χ0n) is 12.7. The molecule has 2 atom stereocenters. The first-order chi connectivity index (χ1) is 10.4. The molecule has 1 aliphatic carbocycles. The van der Waals surface area contributed by atoms with Crippen LogP contribution >= 0.6 is 23.2 Å². The number of carbonyl (C=O) groups excluding carboxylic acids is 2. The maximum Gasteiger partial charge on any atom is 0.228 e. The summed E-state index contributed by atoms with van der Waals surface area (Å²) >= 11 is 11.9. The van der Waals surface area contributed by atoms with Crippen molar-refractivity contribution in [1.82, 2.24) is 4.90 Å². The van der Waals surface area contributed by atoms with E-state index in [0.717, 1.165) is 19.4 Å². The number of anilines is 1. The SMILES string of the molecule is CCCCN(C)C(=O)C1CC1C(=O)Nc1cc(Cl)ccc1Cl. The summed E-state index contributed by atoms with van der Waals surface area (Å²) in [5.74, 6) is -0.608. The van der Waals surface area contributed by atoms with Gasteiger partial charge in [-0.1, -0.05) is 36.5 Å². The smallest absolute Gasteiger partial charge is 0.228 e. The summed E-state index contributed by atoms with van der Waals surface area (Å²) in [4.78, 5) is 26.1. The lowest BCUT2D eigenvalue weighted by Crippen LogP contribution is -2.30. The zero-order chi connectivity index (χ0) is 16.3. The fourth-order valence-corrected chi connectivity index (χ4v) is 2.70. The standard InChI is InChI=1S/C16H20Cl2N2O2/c1-3-4-7-20(2)16(22)12-9-11(12)15(21)19-14-8-10(17)5-6-13(14)18/h5-6,8,11-12H,3-4,7,9H2,1-2H3,(H,19,21). The van der Waals surface area contributed by atoms with Gasteiger partial charge in [0.05, 0.1) is 22.5 Å². The van der Waals surface area contributed by atoms with Crippen molar-refractivity contribution in [2.45, 2.75) is 26.2 Å². The van der Waals surface area contributed by atoms with E-state index in [9.17, 15) is 9.59 Å². The van der Waals surface area contributed by atoms with Crippen LogP contribution in [0.25, 0.3) is 0 Å². The highest BCUT2D eigenvalue weighted by molar-refractivity contribution is 6.35. The average molecular weight is 343 g/mol. The minimum Gasteiger partial charge on any atom is -0.346 e. The molecule has 0 aliphatic heterocycles. The van der Waals surface area contributed by atoms with Gasteiger partial charge >= 0.3 is 0 Å². The average Bonchev–Trinajstić information content (AvgIpc) is 3.28. The third-order valence-electron chi connectivity index (χ3n) is 3.85. The lowest BCUT2D eigenvalue weighted by Gasteiger charge is -2.16. The van der Waals surface area contributed by atoms with Crippen molar-refractivity contribution < 1.29 is 9.59 Å². The van der Waals surface area contributed by atoms with Crippen LogP contribution in [0.4, 0.5) is 5.69 Å². The Morgan fingerprint density at radius 2 is 2.05 bits per heavy atom. The third-order valence-corrected chi connectivity index (χ3v) is 4.42. The molecule has 22 heavy (non-hydrogen) atoms. The number of carbonyl (C=O) groups is 2. The van der Waals surface area contributed by atoms with Gasteiger partial charge in [-0.15, -0.1) is 0 Å². The van der Waals surface area contributed by atoms with Gasteiger partial charge in [0.15, 0.2) is 0 Å². The molecule has 6 heteroatoms. The van der Waals surface area contributed by atoms with E-state index < -0.39 is 0 Å². The number of rotatable bonds is 6. The van der Waals surface area contributed by atoms with Crippen molar-refractivity contribution in [1.29, 1.82) is 0 Å². The highest BCUT2D eigenvalue weighted by Crippen LogP contribution is 2.41. The number of hydrogen-bond donors (Lipinski definition) is 1. The second-order valence-electron chi connectivity index (χ2n) is 5.68. The predicted octanol–water partition coefficient (Wildman–Crippen LogP) is 3.83. The lowest BCUT2D eigenvalue weighted by molar-refractivity contribution is -0.132. The Balaban J connectivity index is 1.90. The molecule has 120 valence electrons. The Bertz CT molecular complexity index is 577. The van der Waals surface area contributed by atoms with E-state index in [2.05, 4.69) is 12.2 Å². The van der Waals surface area contributed by atoms with Crippen LogP contribution in [-0.4, -0.2) is 30.3 Å². The number of hydrogen-bond acceptors (Lipinski definition) is 2. The number of benzene rings is 1. The molecule has 1 aromatic carbocycles. The molecule has 4 nitrogen and oxygen atoms in total. The van der Waals surface area contributed by atoms with Crippen molar-refractivity contribution in [3.63, 3.8) is 0 Å². The Morgan fingerprint density at radius 3 is 2.73 bits per heavy atom. The molecule has 2 unspecified atom stereocenters. The highest BCUT2D eigenvalue weighted by atomic mass is 35.5. The molecule has 1 N–H and O–H groups in total. The molecule has 0 radical (unpaired) electrons. The van der Waals surface area contributed by atoms with Gasteiger partial charge in [-0.2, -0.15) is 0 Å². The van der Waals surface area contributed by atoms with Gasteiger partial charge in [0.25, 0.3) is 0 Å². The fraction of sp³-hybridized carbons (Fsp3) is 0.500. The first kappa shape index (κ1) is 17.1. The summed E-state index contributed by atoms with van der Waals surface area (Å²) in [5.41, 5.74) is 0.483. The number of unbranched alkanes of at least 4 members (excludes halogenated alkanes) is 1. The van der Waals surface area contributed by atoms with Crippen molar-refractivity contribution >= 4 is 40.7 Å². The summed E-state index contributed by atoms with van der Waals surface area (Å²) in [7, 11) is 1.79. The number of nitrogens with zero attached hydrogens (tertiary/aromatic N) is 1. The van der Waals surface area contributed by atoms with Gasteiger partial charge in [-0.05, 0) is 31.0 Å². The number of amides is 2. The molecule has 1 saturated carbocycles. The van der Waals surface area contributed by atoms with E-state index >= 15 is 0 Å². The van der Waals surface area contributed by atoms with E-state index in [1.165, 1.54) is 0 Å². The van der Waals surface area contributed by atoms with Crippen molar-refractivity contribution in [3.8, 4) is 0 Å². The molecular weight excluding hydrogens is 323 g/mol. The van der Waals surface area contributed by atoms with Crippen LogP contribution < -0.4 is 5.32 Å². The number of nitrogens with one attached hydrogen (secondary N) is 1. The molecule has 0 aromatic heterocycles. The zero-order valence-corrected chi connectivity index (χ0v) is 14.2. The molecule has 0 spiro atoms. The van der Waals surface area contributed by atoms with Crippen LogP contribution in [0.5, 0.6) is 0 Å². The van der Waals surface area contributed by atoms with Crippen LogP contribution in [0.3, 0.4) is 0 Å². The molecule has 2 rings (SSSR count). The van der Waals surface area contributed by atoms with Gasteiger partial charge in [-0.25, -0.2) is 0 Å². The fourth-order valence-electron chi connectivity index (χ4n) is 2.36. The van der Waals surface area contributed by atoms with Crippen molar-refractivity contribution in [2.24, 2.45) is 11.8 Å². The minimum atomic E-state index is -0.272. The molecule has 0 saturated heterocycles. The van der Waals surface area contributed by atoms with E-state index in [4.69, 9.17) is 23.2 Å². The first-order valence-corrected chi connectivity index (χ1v) is 8.20. The molecule has 0 bridgehead atoms. The molecule has 1 aliphatic rings. The largest absolute Gasteiger partial charge is 0.346 e. The second kappa shape index (κ2) is 7.34. The summed E-state index contributed by atoms with van der Waals surface area (Å²) < 4.78 is 0. The maximum absolute atomic E-state index is 12.2. The number of halogens is 2. The van der Waals surface area contributed by atoms with Crippen LogP contribution in [0.2, 0.25) is 10.0 Å². The Labute approximate surface area is 140 Å². The summed E-state index contributed by atoms with van der Waals surface area (Å²) in [6.45, 7) is 2.82. The van der Waals surface area contributed by atoms with Gasteiger partial charge in [0.1, 0.15) is 0 Å². The molecule has 1 aromatic rings. The van der Waals surface area contributed by atoms with Crippen LogP contribution in [0.1, 0.15) is 26.2 Å². The van der Waals surface area contributed by atoms with Crippen molar-refractivity contribution in [3.05, 3.63) is 28.2 Å². The second-order valence-corrected chi connectivity index (χ2v) is 6.52. The lowest BCUT2D eigenvalue weighted by atomic mass is 10.2. The van der Waals surface area contributed by atoms with E-state index in [1.807, 2.05) is 0 Å². The van der Waals surface area contributed by atoms with Crippen molar-refractivity contribution in [2.75, 3.05) is 18.9 Å². The molecule has 0 heterocycles. The summed E-state index contributed by atoms with van der Waals surface area (Å²) in [5, 5.41) is 3.69.